The number of benzene rings is 1. The van der Waals surface area contributed by atoms with Crippen LogP contribution in [0.4, 0.5) is 0 Å². The first kappa shape index (κ1) is 13.8. The topological polar surface area (TPSA) is 30.5 Å². The summed E-state index contributed by atoms with van der Waals surface area (Å²) in [6.45, 7) is 1.68. The second kappa shape index (κ2) is 6.55. The molecular formula is C14H20BrNO2. The van der Waals surface area contributed by atoms with Gasteiger partial charge in [0.1, 0.15) is 5.75 Å². The van der Waals surface area contributed by atoms with Gasteiger partial charge in [0.25, 0.3) is 0 Å². The van der Waals surface area contributed by atoms with Crippen molar-refractivity contribution in [3.8, 4) is 5.75 Å². The molecule has 3 nitrogen and oxygen atoms in total. The van der Waals surface area contributed by atoms with Crippen molar-refractivity contribution in [3.05, 3.63) is 28.2 Å². The molecular weight excluding hydrogens is 294 g/mol. The summed E-state index contributed by atoms with van der Waals surface area (Å²) in [6.07, 6.45) is 2.06. The van der Waals surface area contributed by atoms with Gasteiger partial charge in [-0.3, -0.25) is 0 Å². The number of hydrogen-bond acceptors (Lipinski definition) is 3. The first-order chi connectivity index (χ1) is 8.74. The van der Waals surface area contributed by atoms with E-state index >= 15 is 0 Å². The van der Waals surface area contributed by atoms with E-state index in [0.717, 1.165) is 36.3 Å². The monoisotopic (exact) mass is 313 g/mol. The molecule has 0 aliphatic carbocycles. The molecule has 1 fully saturated rings. The minimum Gasteiger partial charge on any atom is -0.496 e. The van der Waals surface area contributed by atoms with Crippen molar-refractivity contribution >= 4 is 15.9 Å². The smallest absolute Gasteiger partial charge is 0.122 e. The Morgan fingerprint density at radius 1 is 1.50 bits per heavy atom. The van der Waals surface area contributed by atoms with Crippen molar-refractivity contribution in [2.45, 2.75) is 18.9 Å². The van der Waals surface area contributed by atoms with Crippen molar-refractivity contribution in [1.29, 1.82) is 0 Å². The number of halogens is 1. The Kier molecular flexibility index (Phi) is 5.03. The molecule has 2 atom stereocenters. The summed E-state index contributed by atoms with van der Waals surface area (Å²) >= 11 is 3.52. The van der Waals surface area contributed by atoms with Gasteiger partial charge in [-0.05, 0) is 43.7 Å². The van der Waals surface area contributed by atoms with Crippen LogP contribution in [-0.4, -0.2) is 33.4 Å². The molecule has 100 valence electrons. The minimum atomic E-state index is 0.506. The molecule has 1 aliphatic heterocycles. The van der Waals surface area contributed by atoms with E-state index in [1.165, 1.54) is 5.56 Å². The molecule has 1 heterocycles. The molecule has 1 saturated heterocycles. The van der Waals surface area contributed by atoms with E-state index in [-0.39, 0.29) is 0 Å². The van der Waals surface area contributed by atoms with Gasteiger partial charge >= 0.3 is 0 Å². The third-order valence-corrected chi connectivity index (χ3v) is 4.06. The van der Waals surface area contributed by atoms with Crippen molar-refractivity contribution < 1.29 is 9.47 Å². The van der Waals surface area contributed by atoms with Crippen molar-refractivity contribution in [2.75, 3.05) is 27.4 Å². The van der Waals surface area contributed by atoms with Crippen LogP contribution in [0.15, 0.2) is 22.7 Å². The van der Waals surface area contributed by atoms with E-state index in [1.54, 1.807) is 7.11 Å². The van der Waals surface area contributed by atoms with Crippen LogP contribution in [0.1, 0.15) is 12.0 Å². The van der Waals surface area contributed by atoms with E-state index in [4.69, 9.17) is 9.47 Å². The molecule has 2 rings (SSSR count). The number of nitrogens with one attached hydrogen (secondary N) is 1. The van der Waals surface area contributed by atoms with Gasteiger partial charge in [-0.1, -0.05) is 15.9 Å². The fourth-order valence-electron chi connectivity index (χ4n) is 2.57. The fourth-order valence-corrected chi connectivity index (χ4v) is 2.98. The summed E-state index contributed by atoms with van der Waals surface area (Å²) in [4.78, 5) is 0. The molecule has 1 N–H and O–H groups in total. The normalized spacial score (nSPS) is 23.9. The quantitative estimate of drug-likeness (QED) is 0.927. The van der Waals surface area contributed by atoms with Crippen LogP contribution in [0.3, 0.4) is 0 Å². The molecule has 0 bridgehead atoms. The fraction of sp³-hybridized carbons (Fsp3) is 0.571. The highest BCUT2D eigenvalue weighted by atomic mass is 79.9. The highest BCUT2D eigenvalue weighted by Crippen LogP contribution is 2.28. The van der Waals surface area contributed by atoms with E-state index in [9.17, 15) is 0 Å². The Balaban J connectivity index is 2.14. The van der Waals surface area contributed by atoms with Crippen molar-refractivity contribution in [1.82, 2.24) is 5.32 Å². The molecule has 4 heteroatoms. The van der Waals surface area contributed by atoms with Crippen LogP contribution in [0, 0.1) is 5.92 Å². The first-order valence-corrected chi connectivity index (χ1v) is 7.11. The van der Waals surface area contributed by atoms with Crippen molar-refractivity contribution in [3.63, 3.8) is 0 Å². The maximum atomic E-state index is 5.60. The van der Waals surface area contributed by atoms with Gasteiger partial charge in [0.15, 0.2) is 0 Å². The molecule has 1 aromatic rings. The highest BCUT2D eigenvalue weighted by molar-refractivity contribution is 9.10. The Hall–Kier alpha value is -0.580. The summed E-state index contributed by atoms with van der Waals surface area (Å²) < 4.78 is 12.1. The van der Waals surface area contributed by atoms with Gasteiger partial charge in [0.05, 0.1) is 13.7 Å². The lowest BCUT2D eigenvalue weighted by atomic mass is 9.89. The largest absolute Gasteiger partial charge is 0.496 e. The zero-order valence-corrected chi connectivity index (χ0v) is 12.5. The molecule has 1 aliphatic rings. The average Bonchev–Trinajstić information content (AvgIpc) is 2.40. The van der Waals surface area contributed by atoms with Crippen LogP contribution in [-0.2, 0) is 11.2 Å². The predicted molar refractivity (Wildman–Crippen MR) is 76.2 cm³/mol. The minimum absolute atomic E-state index is 0.506. The van der Waals surface area contributed by atoms with Crippen LogP contribution < -0.4 is 10.1 Å². The Morgan fingerprint density at radius 3 is 3.06 bits per heavy atom. The van der Waals surface area contributed by atoms with Crippen LogP contribution >= 0.6 is 15.9 Å². The Labute approximate surface area is 117 Å². The standard InChI is InChI=1S/C14H20BrNO2/c1-16-13-5-6-18-9-11(13)7-10-8-12(15)3-4-14(10)17-2/h3-4,8,11,13,16H,5-7,9H2,1-2H3. The number of hydrogen-bond donors (Lipinski definition) is 1. The summed E-state index contributed by atoms with van der Waals surface area (Å²) in [5, 5.41) is 3.39. The van der Waals surface area contributed by atoms with E-state index in [2.05, 4.69) is 27.3 Å². The molecule has 2 unspecified atom stereocenters. The van der Waals surface area contributed by atoms with E-state index in [0.29, 0.717) is 12.0 Å². The molecule has 0 radical (unpaired) electrons. The lowest BCUT2D eigenvalue weighted by Gasteiger charge is -2.31. The number of ether oxygens (including phenoxy) is 2. The summed E-state index contributed by atoms with van der Waals surface area (Å²) in [7, 11) is 3.75. The number of methoxy groups -OCH3 is 1. The zero-order valence-electron chi connectivity index (χ0n) is 10.9. The van der Waals surface area contributed by atoms with Gasteiger partial charge in [0, 0.05) is 23.0 Å². The molecule has 0 saturated carbocycles. The summed E-state index contributed by atoms with van der Waals surface area (Å²) in [5.41, 5.74) is 1.24. The Bertz CT molecular complexity index is 397. The van der Waals surface area contributed by atoms with Crippen molar-refractivity contribution in [2.24, 2.45) is 5.92 Å². The summed E-state index contributed by atoms with van der Waals surface area (Å²) in [6, 6.07) is 6.69. The number of rotatable bonds is 4. The molecule has 0 spiro atoms. The highest BCUT2D eigenvalue weighted by Gasteiger charge is 2.25. The summed E-state index contributed by atoms with van der Waals surface area (Å²) in [5.74, 6) is 1.46. The second-order valence-corrected chi connectivity index (χ2v) is 5.59. The van der Waals surface area contributed by atoms with Crippen LogP contribution in [0.2, 0.25) is 0 Å². The molecule has 0 amide bonds. The van der Waals surface area contributed by atoms with E-state index in [1.807, 2.05) is 19.2 Å². The third-order valence-electron chi connectivity index (χ3n) is 3.57. The first-order valence-electron chi connectivity index (χ1n) is 6.32. The van der Waals surface area contributed by atoms with Crippen LogP contribution in [0.25, 0.3) is 0 Å². The lowest BCUT2D eigenvalue weighted by Crippen LogP contribution is -2.41. The lowest BCUT2D eigenvalue weighted by molar-refractivity contribution is 0.0340. The maximum Gasteiger partial charge on any atom is 0.122 e. The van der Waals surface area contributed by atoms with Gasteiger partial charge < -0.3 is 14.8 Å². The van der Waals surface area contributed by atoms with Gasteiger partial charge in [-0.25, -0.2) is 0 Å². The molecule has 1 aromatic carbocycles. The van der Waals surface area contributed by atoms with Gasteiger partial charge in [-0.15, -0.1) is 0 Å². The molecule has 0 aromatic heterocycles. The van der Waals surface area contributed by atoms with Gasteiger partial charge in [-0.2, -0.15) is 0 Å². The van der Waals surface area contributed by atoms with E-state index < -0.39 is 0 Å². The van der Waals surface area contributed by atoms with Gasteiger partial charge in [0.2, 0.25) is 0 Å². The SMILES string of the molecule is CNC1CCOCC1Cc1cc(Br)ccc1OC. The predicted octanol–water partition coefficient (Wildman–Crippen LogP) is 2.62. The average molecular weight is 314 g/mol. The zero-order chi connectivity index (χ0) is 13.0. The molecule has 18 heavy (non-hydrogen) atoms. The maximum absolute atomic E-state index is 5.60. The van der Waals surface area contributed by atoms with Crippen LogP contribution in [0.5, 0.6) is 5.75 Å². The second-order valence-electron chi connectivity index (χ2n) is 4.68. The third kappa shape index (κ3) is 3.25. The Morgan fingerprint density at radius 2 is 2.33 bits per heavy atom.